The van der Waals surface area contributed by atoms with Crippen molar-refractivity contribution in [1.29, 1.82) is 0 Å². The molecule has 1 aromatic carbocycles. The highest BCUT2D eigenvalue weighted by Crippen LogP contribution is 2.10. The first kappa shape index (κ1) is 15.4. The molecule has 0 aliphatic carbocycles. The van der Waals surface area contributed by atoms with Crippen LogP contribution >= 0.6 is 11.8 Å². The van der Waals surface area contributed by atoms with Crippen LogP contribution in [-0.4, -0.2) is 38.2 Å². The Balaban J connectivity index is 1.98. The van der Waals surface area contributed by atoms with Crippen LogP contribution in [0.4, 0.5) is 5.69 Å². The minimum Gasteiger partial charge on any atom is -0.375 e. The highest BCUT2D eigenvalue weighted by molar-refractivity contribution is 7.99. The summed E-state index contributed by atoms with van der Waals surface area (Å²) in [4.78, 5) is 2.31. The molecule has 0 atom stereocenters. The molecule has 102 valence electrons. The highest BCUT2D eigenvalue weighted by atomic mass is 32.2. The molecule has 0 amide bonds. The van der Waals surface area contributed by atoms with Gasteiger partial charge in [0.05, 0.1) is 0 Å². The summed E-state index contributed by atoms with van der Waals surface area (Å²) in [5.41, 5.74) is 1.30. The Morgan fingerprint density at radius 1 is 1.11 bits per heavy atom. The van der Waals surface area contributed by atoms with E-state index in [-0.39, 0.29) is 0 Å². The van der Waals surface area contributed by atoms with E-state index >= 15 is 0 Å². The summed E-state index contributed by atoms with van der Waals surface area (Å²) < 4.78 is 0. The number of hydrogen-bond donors (Lipinski definition) is 1. The van der Waals surface area contributed by atoms with Crippen LogP contribution in [0.1, 0.15) is 19.8 Å². The molecule has 1 aromatic rings. The van der Waals surface area contributed by atoms with E-state index in [0.717, 1.165) is 19.6 Å². The van der Waals surface area contributed by atoms with Gasteiger partial charge in [-0.05, 0) is 49.6 Å². The SMILES string of the molecule is CCSCCCNCCCN(C)c1ccccc1. The van der Waals surface area contributed by atoms with Gasteiger partial charge in [-0.25, -0.2) is 0 Å². The molecule has 2 nitrogen and oxygen atoms in total. The minimum absolute atomic E-state index is 1.11. The molecule has 3 heteroatoms. The summed E-state index contributed by atoms with van der Waals surface area (Å²) in [6.45, 7) is 5.61. The van der Waals surface area contributed by atoms with Crippen LogP contribution in [0.15, 0.2) is 30.3 Å². The number of benzene rings is 1. The summed E-state index contributed by atoms with van der Waals surface area (Å²) in [7, 11) is 2.16. The van der Waals surface area contributed by atoms with Crippen molar-refractivity contribution in [2.24, 2.45) is 0 Å². The zero-order valence-electron chi connectivity index (χ0n) is 11.7. The van der Waals surface area contributed by atoms with Gasteiger partial charge in [0.2, 0.25) is 0 Å². The largest absolute Gasteiger partial charge is 0.375 e. The Hall–Kier alpha value is -0.670. The Labute approximate surface area is 116 Å². The van der Waals surface area contributed by atoms with Gasteiger partial charge in [-0.1, -0.05) is 25.1 Å². The summed E-state index contributed by atoms with van der Waals surface area (Å²) in [5, 5.41) is 3.51. The average Bonchev–Trinajstić information content (AvgIpc) is 2.42. The smallest absolute Gasteiger partial charge is 0.0363 e. The number of rotatable bonds is 10. The van der Waals surface area contributed by atoms with E-state index in [4.69, 9.17) is 0 Å². The van der Waals surface area contributed by atoms with E-state index in [2.05, 4.69) is 54.5 Å². The van der Waals surface area contributed by atoms with E-state index < -0.39 is 0 Å². The minimum atomic E-state index is 1.11. The third-order valence-electron chi connectivity index (χ3n) is 2.89. The quantitative estimate of drug-likeness (QED) is 0.655. The molecule has 0 aliphatic heterocycles. The normalized spacial score (nSPS) is 10.6. The fourth-order valence-electron chi connectivity index (χ4n) is 1.82. The van der Waals surface area contributed by atoms with Gasteiger partial charge in [0.1, 0.15) is 0 Å². The average molecular weight is 266 g/mol. The molecule has 1 rings (SSSR count). The molecule has 0 unspecified atom stereocenters. The first-order valence-corrected chi connectivity index (χ1v) is 8.04. The molecular formula is C15H26N2S. The zero-order chi connectivity index (χ0) is 13.1. The lowest BCUT2D eigenvalue weighted by Gasteiger charge is -2.19. The van der Waals surface area contributed by atoms with Crippen LogP contribution in [0.2, 0.25) is 0 Å². The van der Waals surface area contributed by atoms with Gasteiger partial charge in [0.25, 0.3) is 0 Å². The van der Waals surface area contributed by atoms with E-state index in [1.807, 2.05) is 11.8 Å². The van der Waals surface area contributed by atoms with Gasteiger partial charge >= 0.3 is 0 Å². The van der Waals surface area contributed by atoms with Gasteiger partial charge in [-0.3, -0.25) is 0 Å². The number of nitrogens with zero attached hydrogens (tertiary/aromatic N) is 1. The fraction of sp³-hybridized carbons (Fsp3) is 0.600. The van der Waals surface area contributed by atoms with Crippen molar-refractivity contribution in [3.63, 3.8) is 0 Å². The molecule has 0 aromatic heterocycles. The van der Waals surface area contributed by atoms with Crippen molar-refractivity contribution in [3.05, 3.63) is 30.3 Å². The Bertz CT molecular complexity index is 290. The van der Waals surface area contributed by atoms with Gasteiger partial charge in [0.15, 0.2) is 0 Å². The summed E-state index contributed by atoms with van der Waals surface area (Å²) in [6.07, 6.45) is 2.49. The maximum absolute atomic E-state index is 3.51. The maximum atomic E-state index is 3.51. The molecule has 0 bridgehead atoms. The molecule has 0 fully saturated rings. The first-order valence-electron chi connectivity index (χ1n) is 6.89. The maximum Gasteiger partial charge on any atom is 0.0363 e. The number of thioether (sulfide) groups is 1. The molecule has 18 heavy (non-hydrogen) atoms. The predicted octanol–water partition coefficient (Wildman–Crippen LogP) is 3.25. The first-order chi connectivity index (χ1) is 8.84. The number of anilines is 1. The lowest BCUT2D eigenvalue weighted by atomic mass is 10.3. The van der Waals surface area contributed by atoms with Crippen molar-refractivity contribution in [2.75, 3.05) is 43.1 Å². The summed E-state index contributed by atoms with van der Waals surface area (Å²) in [6, 6.07) is 10.6. The van der Waals surface area contributed by atoms with Gasteiger partial charge in [-0.15, -0.1) is 0 Å². The highest BCUT2D eigenvalue weighted by Gasteiger charge is 1.98. The lowest BCUT2D eigenvalue weighted by Crippen LogP contribution is -2.24. The monoisotopic (exact) mass is 266 g/mol. The van der Waals surface area contributed by atoms with Crippen LogP contribution in [0.3, 0.4) is 0 Å². The standard InChI is InChI=1S/C15H26N2S/c1-3-18-14-8-12-16-11-7-13-17(2)15-9-5-4-6-10-15/h4-6,9-10,16H,3,7-8,11-14H2,1-2H3. The molecular weight excluding hydrogens is 240 g/mol. The molecule has 0 aliphatic rings. The third-order valence-corrected chi connectivity index (χ3v) is 3.88. The molecule has 0 saturated heterocycles. The van der Waals surface area contributed by atoms with Crippen molar-refractivity contribution >= 4 is 17.4 Å². The summed E-state index contributed by atoms with van der Waals surface area (Å²) >= 11 is 2.03. The number of hydrogen-bond acceptors (Lipinski definition) is 3. The second-order valence-electron chi connectivity index (χ2n) is 4.41. The summed E-state index contributed by atoms with van der Waals surface area (Å²) in [5.74, 6) is 2.52. The van der Waals surface area contributed by atoms with E-state index in [1.165, 1.54) is 30.0 Å². The number of para-hydroxylation sites is 1. The van der Waals surface area contributed by atoms with Crippen molar-refractivity contribution in [2.45, 2.75) is 19.8 Å². The molecule has 0 spiro atoms. The second-order valence-corrected chi connectivity index (χ2v) is 5.80. The van der Waals surface area contributed by atoms with Crippen molar-refractivity contribution < 1.29 is 0 Å². The van der Waals surface area contributed by atoms with Crippen molar-refractivity contribution in [3.8, 4) is 0 Å². The topological polar surface area (TPSA) is 15.3 Å². The van der Waals surface area contributed by atoms with E-state index in [1.54, 1.807) is 0 Å². The molecule has 0 radical (unpaired) electrons. The van der Waals surface area contributed by atoms with Crippen LogP contribution in [0.25, 0.3) is 0 Å². The lowest BCUT2D eigenvalue weighted by molar-refractivity contribution is 0.639. The van der Waals surface area contributed by atoms with Gasteiger partial charge in [-0.2, -0.15) is 11.8 Å². The van der Waals surface area contributed by atoms with Crippen molar-refractivity contribution in [1.82, 2.24) is 5.32 Å². The zero-order valence-corrected chi connectivity index (χ0v) is 12.5. The van der Waals surface area contributed by atoms with E-state index in [0.29, 0.717) is 0 Å². The van der Waals surface area contributed by atoms with Gasteiger partial charge < -0.3 is 10.2 Å². The number of nitrogens with one attached hydrogen (secondary N) is 1. The Morgan fingerprint density at radius 3 is 2.56 bits per heavy atom. The molecule has 0 heterocycles. The Kier molecular flexibility index (Phi) is 8.78. The van der Waals surface area contributed by atoms with E-state index in [9.17, 15) is 0 Å². The Morgan fingerprint density at radius 2 is 1.83 bits per heavy atom. The molecule has 0 saturated carbocycles. The second kappa shape index (κ2) is 10.3. The fourth-order valence-corrected chi connectivity index (χ4v) is 2.46. The van der Waals surface area contributed by atoms with Crippen LogP contribution < -0.4 is 10.2 Å². The van der Waals surface area contributed by atoms with Crippen LogP contribution in [0.5, 0.6) is 0 Å². The van der Waals surface area contributed by atoms with Crippen LogP contribution in [0, 0.1) is 0 Å². The van der Waals surface area contributed by atoms with Crippen LogP contribution in [-0.2, 0) is 0 Å². The van der Waals surface area contributed by atoms with Gasteiger partial charge in [0, 0.05) is 19.3 Å². The third kappa shape index (κ3) is 6.92. The predicted molar refractivity (Wildman–Crippen MR) is 84.8 cm³/mol. The molecule has 1 N–H and O–H groups in total.